The Balaban J connectivity index is 1.37. The number of aliphatic hydroxyl groups excluding tert-OH is 2. The molecule has 5 heteroatoms. The zero-order valence-corrected chi connectivity index (χ0v) is 17.3. The molecule has 1 spiro atoms. The number of epoxide rings is 1. The normalized spacial score (nSPS) is 59.0. The third kappa shape index (κ3) is 1.96. The number of hydrogen-bond donors (Lipinski definition) is 2. The van der Waals surface area contributed by atoms with Crippen LogP contribution >= 0.6 is 0 Å². The van der Waals surface area contributed by atoms with E-state index in [1.165, 1.54) is 5.57 Å². The highest BCUT2D eigenvalue weighted by Crippen LogP contribution is 2.73. The average molecular weight is 391 g/mol. The van der Waals surface area contributed by atoms with Gasteiger partial charge in [-0.15, -0.1) is 0 Å². The first-order valence-electron chi connectivity index (χ1n) is 11.3. The molecule has 5 fully saturated rings. The van der Waals surface area contributed by atoms with Gasteiger partial charge in [0.2, 0.25) is 0 Å². The summed E-state index contributed by atoms with van der Waals surface area (Å²) in [6.45, 7) is 7.96. The Morgan fingerprint density at radius 2 is 1.82 bits per heavy atom. The molecule has 0 aromatic carbocycles. The summed E-state index contributed by atoms with van der Waals surface area (Å²) < 4.78 is 18.5. The van der Waals surface area contributed by atoms with Crippen LogP contribution in [0.1, 0.15) is 59.3 Å². The minimum absolute atomic E-state index is 0.0469. The monoisotopic (exact) mass is 390 g/mol. The van der Waals surface area contributed by atoms with Crippen molar-refractivity contribution in [3.8, 4) is 0 Å². The smallest absolute Gasteiger partial charge is 0.169 e. The lowest BCUT2D eigenvalue weighted by Crippen LogP contribution is -2.61. The minimum Gasteiger partial charge on any atom is -0.393 e. The summed E-state index contributed by atoms with van der Waals surface area (Å²) in [5, 5.41) is 21.8. The zero-order valence-electron chi connectivity index (χ0n) is 17.3. The molecule has 0 bridgehead atoms. The molecule has 4 unspecified atom stereocenters. The van der Waals surface area contributed by atoms with Crippen LogP contribution < -0.4 is 0 Å². The van der Waals surface area contributed by atoms with Gasteiger partial charge in [0.1, 0.15) is 5.60 Å². The lowest BCUT2D eigenvalue weighted by molar-refractivity contribution is -0.220. The predicted octanol–water partition coefficient (Wildman–Crippen LogP) is 2.79. The van der Waals surface area contributed by atoms with Gasteiger partial charge in [-0.3, -0.25) is 0 Å². The van der Waals surface area contributed by atoms with E-state index in [1.54, 1.807) is 0 Å². The fourth-order valence-electron chi connectivity index (χ4n) is 8.47. The SMILES string of the molecule is CC1([C@H]2CC=C3[C@@H]4CC5OC56CC(O)CC[C@]6(C)[C@H]4CC(O)[C@@]32C)OCCO1. The van der Waals surface area contributed by atoms with Gasteiger partial charge in [-0.05, 0) is 50.9 Å². The highest BCUT2D eigenvalue weighted by molar-refractivity contribution is 5.36. The molecule has 28 heavy (non-hydrogen) atoms. The molecule has 0 aromatic heterocycles. The molecule has 6 aliphatic rings. The van der Waals surface area contributed by atoms with E-state index in [0.717, 1.165) is 38.5 Å². The largest absolute Gasteiger partial charge is 0.393 e. The summed E-state index contributed by atoms with van der Waals surface area (Å²) in [4.78, 5) is 0. The van der Waals surface area contributed by atoms with E-state index in [-0.39, 0.29) is 34.6 Å². The fraction of sp³-hybridized carbons (Fsp3) is 0.913. The average Bonchev–Trinajstić information content (AvgIpc) is 2.98. The molecule has 0 aromatic rings. The second-order valence-corrected chi connectivity index (χ2v) is 11.0. The van der Waals surface area contributed by atoms with Crippen molar-refractivity contribution >= 4 is 0 Å². The van der Waals surface area contributed by atoms with Gasteiger partial charge in [0.05, 0.1) is 31.5 Å². The topological polar surface area (TPSA) is 71.5 Å². The van der Waals surface area contributed by atoms with Gasteiger partial charge in [0.25, 0.3) is 0 Å². The van der Waals surface area contributed by atoms with Crippen LogP contribution in [0.4, 0.5) is 0 Å². The van der Waals surface area contributed by atoms with E-state index < -0.39 is 11.9 Å². The molecule has 6 rings (SSSR count). The molecular weight excluding hydrogens is 356 g/mol. The van der Waals surface area contributed by atoms with Crippen LogP contribution in [-0.4, -0.2) is 53.1 Å². The van der Waals surface area contributed by atoms with Gasteiger partial charge in [0, 0.05) is 23.2 Å². The Bertz CT molecular complexity index is 729. The van der Waals surface area contributed by atoms with Crippen LogP contribution in [-0.2, 0) is 14.2 Å². The molecule has 0 amide bonds. The predicted molar refractivity (Wildman–Crippen MR) is 102 cm³/mol. The van der Waals surface area contributed by atoms with Crippen molar-refractivity contribution in [3.63, 3.8) is 0 Å². The highest BCUT2D eigenvalue weighted by Gasteiger charge is 2.76. The van der Waals surface area contributed by atoms with E-state index in [2.05, 4.69) is 26.8 Å². The van der Waals surface area contributed by atoms with Gasteiger partial charge >= 0.3 is 0 Å². The quantitative estimate of drug-likeness (QED) is 0.532. The van der Waals surface area contributed by atoms with Crippen molar-refractivity contribution < 1.29 is 24.4 Å². The summed E-state index contributed by atoms with van der Waals surface area (Å²) in [5.41, 5.74) is 1.03. The molecule has 2 heterocycles. The second kappa shape index (κ2) is 5.42. The van der Waals surface area contributed by atoms with E-state index in [1.807, 2.05) is 0 Å². The fourth-order valence-corrected chi connectivity index (χ4v) is 8.47. The maximum absolute atomic E-state index is 11.5. The third-order valence-corrected chi connectivity index (χ3v) is 10.1. The summed E-state index contributed by atoms with van der Waals surface area (Å²) in [6, 6.07) is 0. The van der Waals surface area contributed by atoms with Crippen molar-refractivity contribution in [2.45, 2.75) is 89.0 Å². The maximum Gasteiger partial charge on any atom is 0.169 e. The Hall–Kier alpha value is -0.460. The Morgan fingerprint density at radius 1 is 1.07 bits per heavy atom. The maximum atomic E-state index is 11.5. The van der Waals surface area contributed by atoms with Crippen molar-refractivity contribution in [1.82, 2.24) is 0 Å². The number of allylic oxidation sites excluding steroid dienone is 1. The number of ether oxygens (including phenoxy) is 3. The standard InChI is InChI=1S/C23H34O5/c1-20-7-6-13(24)12-23(20)19(28-23)10-14-15-4-5-17(22(3)26-8-9-27-22)21(15,2)18(25)11-16(14)20/h4,13-14,16-19,24-25H,5-12H2,1-3H3/t13?,14-,16-,17-,18?,19?,20+,21-,23?/m0/s1. The van der Waals surface area contributed by atoms with Crippen molar-refractivity contribution in [2.75, 3.05) is 13.2 Å². The molecule has 9 atom stereocenters. The molecule has 2 aliphatic heterocycles. The Kier molecular flexibility index (Phi) is 3.54. The molecular formula is C23H34O5. The number of fused-ring (bicyclic) bond motifs is 4. The molecule has 3 saturated carbocycles. The van der Waals surface area contributed by atoms with Crippen molar-refractivity contribution in [1.29, 1.82) is 0 Å². The molecule has 2 saturated heterocycles. The first kappa shape index (κ1) is 18.3. The highest BCUT2D eigenvalue weighted by atomic mass is 16.7. The minimum atomic E-state index is -0.603. The number of hydrogen-bond acceptors (Lipinski definition) is 5. The zero-order chi connectivity index (χ0) is 19.5. The molecule has 2 N–H and O–H groups in total. The lowest BCUT2D eigenvalue weighted by atomic mass is 9.45. The van der Waals surface area contributed by atoms with Gasteiger partial charge in [0.15, 0.2) is 5.79 Å². The Labute approximate surface area is 167 Å². The molecule has 4 aliphatic carbocycles. The molecule has 156 valence electrons. The second-order valence-electron chi connectivity index (χ2n) is 11.0. The van der Waals surface area contributed by atoms with E-state index >= 15 is 0 Å². The molecule has 5 nitrogen and oxygen atoms in total. The van der Waals surface area contributed by atoms with Crippen LogP contribution in [0, 0.1) is 28.6 Å². The lowest BCUT2D eigenvalue weighted by Gasteiger charge is -2.59. The van der Waals surface area contributed by atoms with Crippen LogP contribution in [0.15, 0.2) is 11.6 Å². The number of aliphatic hydroxyl groups is 2. The van der Waals surface area contributed by atoms with Crippen LogP contribution in [0.2, 0.25) is 0 Å². The van der Waals surface area contributed by atoms with E-state index in [4.69, 9.17) is 14.2 Å². The van der Waals surface area contributed by atoms with Gasteiger partial charge in [-0.1, -0.05) is 25.5 Å². The first-order valence-corrected chi connectivity index (χ1v) is 11.3. The summed E-state index contributed by atoms with van der Waals surface area (Å²) in [6.07, 6.45) is 7.42. The summed E-state index contributed by atoms with van der Waals surface area (Å²) >= 11 is 0. The molecule has 0 radical (unpaired) electrons. The van der Waals surface area contributed by atoms with Gasteiger partial charge in [-0.25, -0.2) is 0 Å². The van der Waals surface area contributed by atoms with E-state index in [9.17, 15) is 10.2 Å². The van der Waals surface area contributed by atoms with Crippen molar-refractivity contribution in [2.24, 2.45) is 28.6 Å². The van der Waals surface area contributed by atoms with E-state index in [0.29, 0.717) is 25.0 Å². The third-order valence-electron chi connectivity index (χ3n) is 10.1. The van der Waals surface area contributed by atoms with Crippen LogP contribution in [0.5, 0.6) is 0 Å². The first-order chi connectivity index (χ1) is 13.2. The summed E-state index contributed by atoms with van der Waals surface area (Å²) in [7, 11) is 0. The summed E-state index contributed by atoms with van der Waals surface area (Å²) in [5.74, 6) is 0.435. The van der Waals surface area contributed by atoms with Crippen molar-refractivity contribution in [3.05, 3.63) is 11.6 Å². The van der Waals surface area contributed by atoms with Crippen LogP contribution in [0.3, 0.4) is 0 Å². The van der Waals surface area contributed by atoms with Gasteiger partial charge in [-0.2, -0.15) is 0 Å². The van der Waals surface area contributed by atoms with Gasteiger partial charge < -0.3 is 24.4 Å². The Morgan fingerprint density at radius 3 is 2.57 bits per heavy atom. The number of rotatable bonds is 1. The van der Waals surface area contributed by atoms with Crippen LogP contribution in [0.25, 0.3) is 0 Å².